The molecule has 0 fully saturated rings. The average Bonchev–Trinajstić information content (AvgIpc) is 2.84. The van der Waals surface area contributed by atoms with Crippen LogP contribution < -0.4 is 0 Å². The molecule has 1 aliphatic rings. The quantitative estimate of drug-likeness (QED) is 0.259. The first kappa shape index (κ1) is 16.1. The standard InChI is InChI=1S/C16H13I2NSSe/c1-20-14-9-7-13(8-10-14)16-19-15(11-21(16,17)18)12-5-3-2-4-6-12/h2-11H,1H3. The van der Waals surface area contributed by atoms with E-state index >= 15 is 0 Å². The van der Waals surface area contributed by atoms with E-state index in [0.29, 0.717) is 0 Å². The third kappa shape index (κ3) is 3.58. The molecule has 0 spiro atoms. The molecule has 108 valence electrons. The minimum absolute atomic E-state index is 1.13. The summed E-state index contributed by atoms with van der Waals surface area (Å²) in [5.41, 5.74) is 3.60. The first-order valence-electron chi connectivity index (χ1n) is 6.33. The number of halogens is 2. The fraction of sp³-hybridized carbons (Fsp3) is 0.0625. The fourth-order valence-electron chi connectivity index (χ4n) is 2.09. The van der Waals surface area contributed by atoms with E-state index in [-0.39, 0.29) is 0 Å². The van der Waals surface area contributed by atoms with E-state index in [1.807, 2.05) is 6.07 Å². The van der Waals surface area contributed by atoms with Crippen LogP contribution >= 0.6 is 52.5 Å². The van der Waals surface area contributed by atoms with E-state index in [4.69, 9.17) is 4.99 Å². The summed E-state index contributed by atoms with van der Waals surface area (Å²) in [6.45, 7) is 0. The van der Waals surface area contributed by atoms with Gasteiger partial charge in [-0.25, -0.2) is 0 Å². The number of hydrogen-bond donors (Lipinski definition) is 0. The van der Waals surface area contributed by atoms with Gasteiger partial charge in [-0.2, -0.15) is 0 Å². The molecule has 21 heavy (non-hydrogen) atoms. The molecule has 0 unspecified atom stereocenters. The molecule has 3 rings (SSSR count). The third-order valence-corrected chi connectivity index (χ3v) is 13.7. The second-order valence-corrected chi connectivity index (χ2v) is 32.0. The van der Waals surface area contributed by atoms with Crippen LogP contribution in [0.5, 0.6) is 0 Å². The molecule has 0 aliphatic carbocycles. The van der Waals surface area contributed by atoms with Gasteiger partial charge in [-0.15, -0.1) is 0 Å². The molecule has 0 amide bonds. The Morgan fingerprint density at radius 3 is 2.19 bits per heavy atom. The summed E-state index contributed by atoms with van der Waals surface area (Å²) in [5.74, 6) is 0. The van der Waals surface area contributed by atoms with E-state index in [2.05, 4.69) is 100 Å². The molecule has 2 aromatic carbocycles. The minimum atomic E-state index is -1.86. The van der Waals surface area contributed by atoms with Gasteiger partial charge in [0, 0.05) is 0 Å². The molecule has 0 radical (unpaired) electrons. The van der Waals surface area contributed by atoms with Crippen molar-refractivity contribution in [1.82, 2.24) is 0 Å². The van der Waals surface area contributed by atoms with Gasteiger partial charge in [0.05, 0.1) is 0 Å². The zero-order valence-corrected chi connectivity index (χ0v) is 18.1. The van der Waals surface area contributed by atoms with Crippen molar-refractivity contribution >= 4 is 69.1 Å². The van der Waals surface area contributed by atoms with Gasteiger partial charge in [-0.3, -0.25) is 0 Å². The van der Waals surface area contributed by atoms with Crippen LogP contribution in [-0.2, 0) is 0 Å². The molecule has 2 aromatic rings. The molecule has 0 atom stereocenters. The second kappa shape index (κ2) is 6.74. The van der Waals surface area contributed by atoms with Crippen molar-refractivity contribution in [3.8, 4) is 0 Å². The number of nitrogens with zero attached hydrogens (tertiary/aromatic N) is 1. The van der Waals surface area contributed by atoms with Gasteiger partial charge in [0.1, 0.15) is 0 Å². The van der Waals surface area contributed by atoms with E-state index in [1.165, 1.54) is 20.6 Å². The summed E-state index contributed by atoms with van der Waals surface area (Å²) >= 11 is 7.02. The monoisotopic (exact) mass is 585 g/mol. The molecule has 0 N–H and O–H groups in total. The van der Waals surface area contributed by atoms with Gasteiger partial charge < -0.3 is 0 Å². The predicted octanol–water partition coefficient (Wildman–Crippen LogP) is 5.64. The van der Waals surface area contributed by atoms with Crippen LogP contribution in [0.15, 0.2) is 69.5 Å². The van der Waals surface area contributed by atoms with Gasteiger partial charge in [0.15, 0.2) is 0 Å². The first-order valence-corrected chi connectivity index (χ1v) is 19.8. The number of thioether (sulfide) groups is 1. The molecule has 1 nitrogen and oxygen atoms in total. The topological polar surface area (TPSA) is 12.4 Å². The summed E-state index contributed by atoms with van der Waals surface area (Å²) in [7, 11) is 0. The van der Waals surface area contributed by atoms with Crippen LogP contribution in [0.3, 0.4) is 0 Å². The average molecular weight is 584 g/mol. The summed E-state index contributed by atoms with van der Waals surface area (Å²) in [5, 5.41) is 0. The van der Waals surface area contributed by atoms with Crippen LogP contribution in [0.4, 0.5) is 0 Å². The first-order chi connectivity index (χ1) is 10.1. The SMILES string of the molecule is CSc1ccc(C2=NC(c3ccccc3)=C[Se]2(I)I)cc1. The van der Waals surface area contributed by atoms with Crippen LogP contribution in [0.2, 0.25) is 0 Å². The Bertz CT molecular complexity index is 709. The van der Waals surface area contributed by atoms with Gasteiger partial charge >= 0.3 is 156 Å². The molecule has 5 heteroatoms. The Morgan fingerprint density at radius 1 is 0.905 bits per heavy atom. The van der Waals surface area contributed by atoms with E-state index in [1.54, 1.807) is 11.8 Å². The Balaban J connectivity index is 1.99. The summed E-state index contributed by atoms with van der Waals surface area (Å²) in [6, 6.07) is 19.2. The van der Waals surface area contributed by atoms with Crippen molar-refractivity contribution in [2.24, 2.45) is 4.99 Å². The molecule has 0 saturated heterocycles. The van der Waals surface area contributed by atoms with Crippen molar-refractivity contribution in [2.45, 2.75) is 4.90 Å². The van der Waals surface area contributed by atoms with Crippen LogP contribution in [0.1, 0.15) is 11.1 Å². The Hall–Kier alpha value is 0.179. The van der Waals surface area contributed by atoms with E-state index < -0.39 is 6.35 Å². The Labute approximate surface area is 154 Å². The molecular weight excluding hydrogens is 571 g/mol. The summed E-state index contributed by atoms with van der Waals surface area (Å²) in [6.07, 6.45) is 0.247. The zero-order valence-electron chi connectivity index (χ0n) is 11.3. The van der Waals surface area contributed by atoms with Crippen molar-refractivity contribution in [3.05, 3.63) is 70.7 Å². The third-order valence-electron chi connectivity index (χ3n) is 3.15. The predicted molar refractivity (Wildman–Crippen MR) is 113 cm³/mol. The molecule has 1 aliphatic heterocycles. The Kier molecular flexibility index (Phi) is 5.15. The van der Waals surface area contributed by atoms with Gasteiger partial charge in [0.25, 0.3) is 0 Å². The Morgan fingerprint density at radius 2 is 1.57 bits per heavy atom. The normalized spacial score (nSPS) is 18.0. The number of rotatable bonds is 3. The molecule has 0 bridgehead atoms. The number of aliphatic imine (C=N–C) groups is 1. The molecule has 0 saturated carbocycles. The number of benzene rings is 2. The second-order valence-electron chi connectivity index (χ2n) is 4.52. The van der Waals surface area contributed by atoms with Crippen LogP contribution in [0, 0.1) is 0 Å². The molecule has 1 heterocycles. The number of hydrogen-bond acceptors (Lipinski definition) is 2. The van der Waals surface area contributed by atoms with E-state index in [0.717, 1.165) is 5.70 Å². The maximum absolute atomic E-state index is 4.96. The summed E-state index contributed by atoms with van der Waals surface area (Å²) < 4.78 is 1.28. The fourth-order valence-corrected chi connectivity index (χ4v) is 11.3. The van der Waals surface area contributed by atoms with Gasteiger partial charge in [0.2, 0.25) is 0 Å². The van der Waals surface area contributed by atoms with Gasteiger partial charge in [-0.05, 0) is 0 Å². The molecule has 0 aromatic heterocycles. The molecular formula is C16H13I2NSSe. The van der Waals surface area contributed by atoms with Crippen LogP contribution in [-0.4, -0.2) is 17.2 Å². The maximum atomic E-state index is 4.96. The van der Waals surface area contributed by atoms with Crippen molar-refractivity contribution in [3.63, 3.8) is 0 Å². The zero-order chi connectivity index (χ0) is 14.9. The van der Waals surface area contributed by atoms with Crippen molar-refractivity contribution in [1.29, 1.82) is 0 Å². The van der Waals surface area contributed by atoms with Crippen molar-refractivity contribution < 1.29 is 0 Å². The van der Waals surface area contributed by atoms with Crippen molar-refractivity contribution in [2.75, 3.05) is 6.26 Å². The van der Waals surface area contributed by atoms with Crippen LogP contribution in [0.25, 0.3) is 5.70 Å². The van der Waals surface area contributed by atoms with E-state index in [9.17, 15) is 0 Å². The summed E-state index contributed by atoms with van der Waals surface area (Å²) in [4.78, 5) is 8.65. The van der Waals surface area contributed by atoms with Gasteiger partial charge in [-0.1, -0.05) is 0 Å².